The van der Waals surface area contributed by atoms with Crippen LogP contribution >= 0.6 is 11.3 Å². The van der Waals surface area contributed by atoms with Crippen LogP contribution in [0.4, 0.5) is 0 Å². The van der Waals surface area contributed by atoms with Crippen molar-refractivity contribution in [1.82, 2.24) is 0 Å². The second-order valence-corrected chi connectivity index (χ2v) is 4.68. The lowest BCUT2D eigenvalue weighted by Gasteiger charge is -1.97. The molecule has 0 aliphatic carbocycles. The quantitative estimate of drug-likeness (QED) is 0.691. The number of nitriles is 1. The Morgan fingerprint density at radius 2 is 2.07 bits per heavy atom. The highest BCUT2D eigenvalue weighted by Crippen LogP contribution is 2.29. The maximum absolute atomic E-state index is 8.63. The van der Waals surface area contributed by atoms with Crippen LogP contribution in [0.3, 0.4) is 0 Å². The maximum atomic E-state index is 8.63. The SMILES string of the molecule is Cc1cc(C)c2sc(CC#N)cc2c1. The molecule has 0 atom stereocenters. The minimum Gasteiger partial charge on any atom is -0.198 e. The normalized spacial score (nSPS) is 10.4. The van der Waals surface area contributed by atoms with Gasteiger partial charge in [0.25, 0.3) is 0 Å². The van der Waals surface area contributed by atoms with E-state index in [2.05, 4.69) is 38.1 Å². The van der Waals surface area contributed by atoms with Gasteiger partial charge in [-0.15, -0.1) is 11.3 Å². The zero-order chi connectivity index (χ0) is 10.1. The van der Waals surface area contributed by atoms with Gasteiger partial charge in [0.15, 0.2) is 0 Å². The van der Waals surface area contributed by atoms with E-state index in [1.54, 1.807) is 11.3 Å². The number of thiophene rings is 1. The number of hydrogen-bond donors (Lipinski definition) is 0. The van der Waals surface area contributed by atoms with Crippen LogP contribution in [0, 0.1) is 25.2 Å². The first-order valence-electron chi connectivity index (χ1n) is 4.57. The fourth-order valence-corrected chi connectivity index (χ4v) is 2.77. The second kappa shape index (κ2) is 3.43. The van der Waals surface area contributed by atoms with Gasteiger partial charge in [-0.2, -0.15) is 5.26 Å². The van der Waals surface area contributed by atoms with Crippen molar-refractivity contribution in [2.45, 2.75) is 20.3 Å². The summed E-state index contributed by atoms with van der Waals surface area (Å²) < 4.78 is 1.32. The average Bonchev–Trinajstić information content (AvgIpc) is 2.48. The van der Waals surface area contributed by atoms with Crippen LogP contribution in [0.5, 0.6) is 0 Å². The molecule has 0 aliphatic heterocycles. The highest BCUT2D eigenvalue weighted by molar-refractivity contribution is 7.19. The van der Waals surface area contributed by atoms with Gasteiger partial charge in [0, 0.05) is 9.58 Å². The lowest BCUT2D eigenvalue weighted by atomic mass is 10.1. The summed E-state index contributed by atoms with van der Waals surface area (Å²) >= 11 is 1.73. The molecular formula is C12H11NS. The summed E-state index contributed by atoms with van der Waals surface area (Å²) in [5.74, 6) is 0. The van der Waals surface area contributed by atoms with Gasteiger partial charge in [-0.3, -0.25) is 0 Å². The smallest absolute Gasteiger partial charge is 0.0696 e. The molecule has 0 aliphatic rings. The van der Waals surface area contributed by atoms with Crippen LogP contribution in [-0.2, 0) is 6.42 Å². The van der Waals surface area contributed by atoms with Crippen molar-refractivity contribution in [2.24, 2.45) is 0 Å². The van der Waals surface area contributed by atoms with Crippen molar-refractivity contribution < 1.29 is 0 Å². The minimum atomic E-state index is 0.526. The van der Waals surface area contributed by atoms with Crippen molar-refractivity contribution in [3.63, 3.8) is 0 Å². The van der Waals surface area contributed by atoms with Crippen molar-refractivity contribution in [3.8, 4) is 6.07 Å². The number of nitrogens with zero attached hydrogens (tertiary/aromatic N) is 1. The Kier molecular flexibility index (Phi) is 2.26. The molecule has 14 heavy (non-hydrogen) atoms. The summed E-state index contributed by atoms with van der Waals surface area (Å²) in [6, 6.07) is 8.69. The van der Waals surface area contributed by atoms with E-state index in [1.807, 2.05) is 0 Å². The van der Waals surface area contributed by atoms with Gasteiger partial charge in [-0.1, -0.05) is 17.7 Å². The molecule has 0 radical (unpaired) electrons. The Morgan fingerprint density at radius 1 is 1.29 bits per heavy atom. The third kappa shape index (κ3) is 1.51. The van der Waals surface area contributed by atoms with Gasteiger partial charge >= 0.3 is 0 Å². The molecule has 0 unspecified atom stereocenters. The number of fused-ring (bicyclic) bond motifs is 1. The summed E-state index contributed by atoms with van der Waals surface area (Å²) in [5.41, 5.74) is 2.60. The molecular weight excluding hydrogens is 190 g/mol. The molecule has 0 saturated carbocycles. The van der Waals surface area contributed by atoms with Gasteiger partial charge in [0.05, 0.1) is 12.5 Å². The fourth-order valence-electron chi connectivity index (χ4n) is 1.73. The molecule has 1 heterocycles. The van der Waals surface area contributed by atoms with Crippen LogP contribution < -0.4 is 0 Å². The Morgan fingerprint density at radius 3 is 2.79 bits per heavy atom. The molecule has 0 saturated heterocycles. The molecule has 0 amide bonds. The van der Waals surface area contributed by atoms with E-state index < -0.39 is 0 Å². The Hall–Kier alpha value is -1.33. The van der Waals surface area contributed by atoms with Crippen molar-refractivity contribution in [1.29, 1.82) is 5.26 Å². The largest absolute Gasteiger partial charge is 0.198 e. The molecule has 2 rings (SSSR count). The van der Waals surface area contributed by atoms with E-state index in [0.29, 0.717) is 6.42 Å². The molecule has 2 heteroatoms. The zero-order valence-corrected chi connectivity index (χ0v) is 9.11. The predicted molar refractivity (Wildman–Crippen MR) is 60.6 cm³/mol. The van der Waals surface area contributed by atoms with Crippen LogP contribution in [0.1, 0.15) is 16.0 Å². The van der Waals surface area contributed by atoms with Crippen LogP contribution in [0.25, 0.3) is 10.1 Å². The van der Waals surface area contributed by atoms with E-state index in [1.165, 1.54) is 21.2 Å². The molecule has 70 valence electrons. The first-order chi connectivity index (χ1) is 6.70. The predicted octanol–water partition coefficient (Wildman–Crippen LogP) is 3.58. The molecule has 0 fully saturated rings. The number of rotatable bonds is 1. The second-order valence-electron chi connectivity index (χ2n) is 3.55. The molecule has 0 spiro atoms. The first-order valence-corrected chi connectivity index (χ1v) is 5.39. The van der Waals surface area contributed by atoms with E-state index in [0.717, 1.165) is 4.88 Å². The van der Waals surface area contributed by atoms with Crippen LogP contribution in [0.15, 0.2) is 18.2 Å². The van der Waals surface area contributed by atoms with Crippen LogP contribution in [-0.4, -0.2) is 0 Å². The lowest BCUT2D eigenvalue weighted by molar-refractivity contribution is 1.32. The summed E-state index contributed by atoms with van der Waals surface area (Å²) in [5, 5.41) is 9.90. The summed E-state index contributed by atoms with van der Waals surface area (Å²) in [4.78, 5) is 1.16. The Bertz CT molecular complexity index is 517. The molecule has 1 nitrogen and oxygen atoms in total. The van der Waals surface area contributed by atoms with E-state index in [-0.39, 0.29) is 0 Å². The van der Waals surface area contributed by atoms with Gasteiger partial charge < -0.3 is 0 Å². The zero-order valence-electron chi connectivity index (χ0n) is 8.29. The summed E-state index contributed by atoms with van der Waals surface area (Å²) in [6.45, 7) is 4.23. The fraction of sp³-hybridized carbons (Fsp3) is 0.250. The van der Waals surface area contributed by atoms with Crippen molar-refractivity contribution in [3.05, 3.63) is 34.2 Å². The van der Waals surface area contributed by atoms with E-state index in [4.69, 9.17) is 5.26 Å². The van der Waals surface area contributed by atoms with Gasteiger partial charge in [-0.25, -0.2) is 0 Å². The minimum absolute atomic E-state index is 0.526. The molecule has 1 aromatic heterocycles. The topological polar surface area (TPSA) is 23.8 Å². The van der Waals surface area contributed by atoms with E-state index >= 15 is 0 Å². The highest BCUT2D eigenvalue weighted by atomic mass is 32.1. The number of hydrogen-bond acceptors (Lipinski definition) is 2. The third-order valence-electron chi connectivity index (χ3n) is 2.25. The highest BCUT2D eigenvalue weighted by Gasteiger charge is 2.04. The van der Waals surface area contributed by atoms with E-state index in [9.17, 15) is 0 Å². The van der Waals surface area contributed by atoms with Gasteiger partial charge in [-0.05, 0) is 30.9 Å². The molecule has 2 aromatic rings. The Labute approximate surface area is 87.6 Å². The standard InChI is InChI=1S/C12H11NS/c1-8-5-9(2)12-10(6-8)7-11(14-12)3-4-13/h5-7H,3H2,1-2H3. The monoisotopic (exact) mass is 201 g/mol. The molecule has 0 bridgehead atoms. The maximum Gasteiger partial charge on any atom is 0.0696 e. The van der Waals surface area contributed by atoms with Crippen molar-refractivity contribution in [2.75, 3.05) is 0 Å². The Balaban J connectivity index is 2.66. The third-order valence-corrected chi connectivity index (χ3v) is 3.54. The average molecular weight is 201 g/mol. The lowest BCUT2D eigenvalue weighted by Crippen LogP contribution is -1.75. The first kappa shape index (κ1) is 9.23. The van der Waals surface area contributed by atoms with Gasteiger partial charge in [0.1, 0.15) is 0 Å². The number of benzene rings is 1. The number of aryl methyl sites for hydroxylation is 2. The van der Waals surface area contributed by atoms with Gasteiger partial charge in [0.2, 0.25) is 0 Å². The summed E-state index contributed by atoms with van der Waals surface area (Å²) in [6.07, 6.45) is 0.526. The summed E-state index contributed by atoms with van der Waals surface area (Å²) in [7, 11) is 0. The molecule has 1 aromatic carbocycles. The molecule has 0 N–H and O–H groups in total. The van der Waals surface area contributed by atoms with Crippen LogP contribution in [0.2, 0.25) is 0 Å². The van der Waals surface area contributed by atoms with Crippen molar-refractivity contribution >= 4 is 21.4 Å².